The number of esters is 3. The number of amides is 1. The number of nitrogens with zero attached hydrogens (tertiary/aromatic N) is 1. The quantitative estimate of drug-likeness (QED) is 0.0140. The molecule has 0 bridgehead atoms. The lowest BCUT2D eigenvalue weighted by atomic mass is 10.2. The van der Waals surface area contributed by atoms with Crippen molar-refractivity contribution in [2.45, 2.75) is 101 Å². The van der Waals surface area contributed by atoms with Crippen LogP contribution in [0.2, 0.25) is 0 Å². The minimum absolute atomic E-state index is 0.292. The maximum atomic E-state index is 12.6. The van der Waals surface area contributed by atoms with Gasteiger partial charge in [0.1, 0.15) is 22.9 Å². The molecule has 3 rings (SSSR count). The minimum atomic E-state index is -0.426. The first-order chi connectivity index (χ1) is 34.1. The molecule has 70 heavy (non-hydrogen) atoms. The number of hydrogen-bond acceptors (Lipinski definition) is 12. The number of carbonyl (C=O) groups is 4. The van der Waals surface area contributed by atoms with Gasteiger partial charge in [-0.15, -0.1) is 0 Å². The van der Waals surface area contributed by atoms with E-state index in [0.717, 1.165) is 66.5 Å². The lowest BCUT2D eigenvalue weighted by Gasteiger charge is -2.08. The second kappa shape index (κ2) is 48.3. The zero-order valence-electron chi connectivity index (χ0n) is 43.7. The van der Waals surface area contributed by atoms with E-state index in [9.17, 15) is 19.2 Å². The molecule has 1 N–H and O–H groups in total. The van der Waals surface area contributed by atoms with E-state index in [-0.39, 0.29) is 11.9 Å². The van der Waals surface area contributed by atoms with Gasteiger partial charge in [-0.1, -0.05) is 99.9 Å². The molecule has 0 radical (unpaired) electrons. The Labute approximate surface area is 420 Å². The van der Waals surface area contributed by atoms with Crippen molar-refractivity contribution in [2.75, 3.05) is 52.1 Å². The Morgan fingerprint density at radius 3 is 1.39 bits per heavy atom. The molecule has 0 aliphatic rings. The first-order valence-corrected chi connectivity index (χ1v) is 24.1. The number of carbonyl (C=O) groups excluding carboxylic acids is 4. The van der Waals surface area contributed by atoms with Crippen LogP contribution >= 0.6 is 0 Å². The molecule has 13 nitrogen and oxygen atoms in total. The predicted octanol–water partition coefficient (Wildman–Crippen LogP) is 13.6. The van der Waals surface area contributed by atoms with E-state index >= 15 is 0 Å². The number of rotatable bonds is 28. The van der Waals surface area contributed by atoms with Crippen molar-refractivity contribution in [3.05, 3.63) is 146 Å². The smallest absolute Gasteiger partial charge is 0.330 e. The van der Waals surface area contributed by atoms with Crippen molar-refractivity contribution < 1.29 is 52.3 Å². The molecule has 13 heteroatoms. The Bertz CT molecular complexity index is 1970. The number of nitrogens with one attached hydrogen (secondary N) is 1. The summed E-state index contributed by atoms with van der Waals surface area (Å²) in [6.45, 7) is 34.2. The summed E-state index contributed by atoms with van der Waals surface area (Å²) in [5.41, 5.74) is 2.90. The molecule has 0 aliphatic carbocycles. The largest absolute Gasteiger partial charge is 0.498 e. The third kappa shape index (κ3) is 36.0. The number of anilines is 1. The minimum Gasteiger partial charge on any atom is -0.498 e. The Kier molecular flexibility index (Phi) is 46.3. The Morgan fingerprint density at radius 1 is 0.557 bits per heavy atom. The summed E-state index contributed by atoms with van der Waals surface area (Å²) in [5.74, 6) is 1.28. The van der Waals surface area contributed by atoms with E-state index in [0.29, 0.717) is 75.4 Å². The SMILES string of the molecule is C=C/C=C(\C)OCCCCOC(=O)C=C.C=CC(=O)OCCCCOc1ccc(C=Nc2ccc(NC(=O)/C=C/c3ccc(OCCCCOC(=O)C=C)cc3)cc2OC)cc1.CC.CC.CC.CC. The van der Waals surface area contributed by atoms with E-state index < -0.39 is 11.9 Å². The van der Waals surface area contributed by atoms with Crippen molar-refractivity contribution in [3.8, 4) is 17.2 Å². The second-order valence-corrected chi connectivity index (χ2v) is 12.9. The average Bonchev–Trinajstić information content (AvgIpc) is 3.41. The van der Waals surface area contributed by atoms with Crippen molar-refractivity contribution >= 4 is 47.5 Å². The average molecular weight is 971 g/mol. The number of allylic oxidation sites excluding steroid dienone is 3. The van der Waals surface area contributed by atoms with Gasteiger partial charge in [-0.05, 0) is 117 Å². The maximum absolute atomic E-state index is 12.6. The third-order valence-electron chi connectivity index (χ3n) is 8.06. The molecule has 0 heterocycles. The van der Waals surface area contributed by atoms with Crippen LogP contribution < -0.4 is 19.5 Å². The molecule has 0 saturated heterocycles. The van der Waals surface area contributed by atoms with Crippen LogP contribution in [0.3, 0.4) is 0 Å². The van der Waals surface area contributed by atoms with Gasteiger partial charge in [0.15, 0.2) is 0 Å². The predicted molar refractivity (Wildman–Crippen MR) is 288 cm³/mol. The molecule has 0 unspecified atom stereocenters. The van der Waals surface area contributed by atoms with Crippen molar-refractivity contribution in [1.29, 1.82) is 0 Å². The molecular formula is C57H82N2O11. The van der Waals surface area contributed by atoms with Crippen LogP contribution in [0.4, 0.5) is 11.4 Å². The first-order valence-electron chi connectivity index (χ1n) is 24.1. The van der Waals surface area contributed by atoms with E-state index in [4.69, 9.17) is 33.2 Å². The molecule has 1 amide bonds. The van der Waals surface area contributed by atoms with E-state index in [2.05, 4.69) is 36.6 Å². The van der Waals surface area contributed by atoms with E-state index in [1.165, 1.54) is 6.08 Å². The molecule has 0 spiro atoms. The van der Waals surface area contributed by atoms with Gasteiger partial charge in [0.2, 0.25) is 5.91 Å². The van der Waals surface area contributed by atoms with Gasteiger partial charge in [0.05, 0.1) is 52.5 Å². The molecule has 3 aromatic rings. The zero-order chi connectivity index (χ0) is 53.2. The second-order valence-electron chi connectivity index (χ2n) is 12.9. The van der Waals surface area contributed by atoms with Gasteiger partial charge in [0, 0.05) is 42.3 Å². The normalized spacial score (nSPS) is 9.83. The monoisotopic (exact) mass is 971 g/mol. The van der Waals surface area contributed by atoms with Crippen LogP contribution in [0.25, 0.3) is 6.08 Å². The van der Waals surface area contributed by atoms with Gasteiger partial charge in [-0.25, -0.2) is 14.4 Å². The Balaban J connectivity index is -0.00000164. The zero-order valence-corrected chi connectivity index (χ0v) is 43.7. The first kappa shape index (κ1) is 67.1. The van der Waals surface area contributed by atoms with Gasteiger partial charge in [0.25, 0.3) is 0 Å². The highest BCUT2D eigenvalue weighted by molar-refractivity contribution is 6.02. The molecule has 0 fully saturated rings. The van der Waals surface area contributed by atoms with Crippen molar-refractivity contribution in [1.82, 2.24) is 0 Å². The van der Waals surface area contributed by atoms with Gasteiger partial charge < -0.3 is 38.5 Å². The molecule has 3 aromatic carbocycles. The summed E-state index contributed by atoms with van der Waals surface area (Å²) >= 11 is 0. The molecular weight excluding hydrogens is 889 g/mol. The fourth-order valence-corrected chi connectivity index (χ4v) is 4.82. The summed E-state index contributed by atoms with van der Waals surface area (Å²) in [7, 11) is 1.55. The highest BCUT2D eigenvalue weighted by Crippen LogP contribution is 2.30. The number of benzene rings is 3. The topological polar surface area (TPSA) is 157 Å². The summed E-state index contributed by atoms with van der Waals surface area (Å²) in [4.78, 5) is 49.8. The van der Waals surface area contributed by atoms with E-state index in [1.807, 2.05) is 111 Å². The van der Waals surface area contributed by atoms with Crippen molar-refractivity contribution in [3.63, 3.8) is 0 Å². The standard InChI is InChI=1S/C37H40N2O8.C12H18O3.4C2H6/c1-4-36(41)46-24-8-6-22-44-31-16-10-28(11-17-31)14-21-35(40)39-30-15-20-33(34(26-30)43-3)38-27-29-12-18-32(19-13-29)45-23-7-9-25-47-37(42)5-2;1-4-8-11(3)14-9-6-7-10-15-12(13)5-2;4*1-2/h4-5,10-21,26-27H,1-2,6-9,22-25H2,3H3,(H,39,40);4-5,8H,1-2,6-7,9-10H2,3H3;4*1-2H3/b21-14+,38-27?;11-8+;;;;. The maximum Gasteiger partial charge on any atom is 0.330 e. The number of methoxy groups -OCH3 is 1. The lowest BCUT2D eigenvalue weighted by molar-refractivity contribution is -0.138. The van der Waals surface area contributed by atoms with Crippen LogP contribution in [-0.2, 0) is 38.1 Å². The fourth-order valence-electron chi connectivity index (χ4n) is 4.82. The van der Waals surface area contributed by atoms with Gasteiger partial charge in [-0.2, -0.15) is 0 Å². The Hall–Kier alpha value is -7.15. The summed E-state index contributed by atoms with van der Waals surface area (Å²) in [6, 6.07) is 20.1. The Morgan fingerprint density at radius 2 is 0.971 bits per heavy atom. The van der Waals surface area contributed by atoms with Crippen LogP contribution in [-0.4, -0.2) is 76.8 Å². The van der Waals surface area contributed by atoms with Crippen molar-refractivity contribution in [2.24, 2.45) is 4.99 Å². The lowest BCUT2D eigenvalue weighted by Crippen LogP contribution is -2.07. The molecule has 386 valence electrons. The van der Waals surface area contributed by atoms with Crippen LogP contribution in [0.1, 0.15) is 112 Å². The molecule has 0 aromatic heterocycles. The third-order valence-corrected chi connectivity index (χ3v) is 8.06. The summed E-state index contributed by atoms with van der Waals surface area (Å²) in [6.07, 6.45) is 16.4. The number of ether oxygens (including phenoxy) is 7. The highest BCUT2D eigenvalue weighted by Gasteiger charge is 2.06. The summed E-state index contributed by atoms with van der Waals surface area (Å²) < 4.78 is 37.0. The fraction of sp³-hybridized carbons (Fsp3) is 0.386. The molecule has 0 aliphatic heterocycles. The van der Waals surface area contributed by atoms with Gasteiger partial charge in [-0.3, -0.25) is 9.79 Å². The van der Waals surface area contributed by atoms with Crippen LogP contribution in [0, 0.1) is 0 Å². The summed E-state index contributed by atoms with van der Waals surface area (Å²) in [5, 5.41) is 2.84. The van der Waals surface area contributed by atoms with Gasteiger partial charge >= 0.3 is 17.9 Å². The van der Waals surface area contributed by atoms with Crippen LogP contribution in [0.5, 0.6) is 17.2 Å². The number of aliphatic imine (C=N–C) groups is 1. The number of hydrogen-bond donors (Lipinski definition) is 1. The van der Waals surface area contributed by atoms with E-state index in [1.54, 1.807) is 49.8 Å². The number of unbranched alkanes of at least 4 members (excludes halogenated alkanes) is 3. The molecule has 0 saturated carbocycles. The van der Waals surface area contributed by atoms with Crippen LogP contribution in [0.15, 0.2) is 140 Å². The highest BCUT2D eigenvalue weighted by atomic mass is 16.5. The molecule has 0 atom stereocenters.